The van der Waals surface area contributed by atoms with Crippen molar-refractivity contribution in [3.63, 3.8) is 0 Å². The van der Waals surface area contributed by atoms with E-state index in [1.54, 1.807) is 0 Å². The average molecular weight is 275 g/mol. The van der Waals surface area contributed by atoms with E-state index in [-0.39, 0.29) is 5.54 Å². The standard InChI is InChI=1S/C14H29NO2S/c1-14(2,3)15-11-13-8-5-7-12(13)9-6-10-18(4,16)17/h12-13,15H,5-11H2,1-4H3. The van der Waals surface area contributed by atoms with Gasteiger partial charge in [0.25, 0.3) is 0 Å². The van der Waals surface area contributed by atoms with Crippen molar-refractivity contribution >= 4 is 9.84 Å². The molecule has 2 atom stereocenters. The fourth-order valence-electron chi connectivity index (χ4n) is 2.81. The normalized spacial score (nSPS) is 25.6. The number of hydrogen-bond donors (Lipinski definition) is 1. The monoisotopic (exact) mass is 275 g/mol. The molecule has 18 heavy (non-hydrogen) atoms. The van der Waals surface area contributed by atoms with Crippen LogP contribution in [0.3, 0.4) is 0 Å². The van der Waals surface area contributed by atoms with E-state index in [0.717, 1.165) is 31.2 Å². The van der Waals surface area contributed by atoms with Crippen molar-refractivity contribution in [3.8, 4) is 0 Å². The van der Waals surface area contributed by atoms with E-state index in [1.165, 1.54) is 25.5 Å². The lowest BCUT2D eigenvalue weighted by molar-refractivity contribution is 0.306. The summed E-state index contributed by atoms with van der Waals surface area (Å²) in [6.07, 6.45) is 7.12. The molecule has 0 aromatic carbocycles. The molecule has 0 aromatic rings. The van der Waals surface area contributed by atoms with Crippen molar-refractivity contribution in [2.24, 2.45) is 11.8 Å². The van der Waals surface area contributed by atoms with Crippen molar-refractivity contribution in [2.45, 2.75) is 58.4 Å². The van der Waals surface area contributed by atoms with Crippen LogP contribution < -0.4 is 5.32 Å². The molecule has 2 unspecified atom stereocenters. The van der Waals surface area contributed by atoms with E-state index in [4.69, 9.17) is 0 Å². The smallest absolute Gasteiger partial charge is 0.147 e. The van der Waals surface area contributed by atoms with Crippen LogP contribution in [0, 0.1) is 11.8 Å². The minimum absolute atomic E-state index is 0.180. The Morgan fingerprint density at radius 1 is 1.17 bits per heavy atom. The first kappa shape index (κ1) is 16.0. The lowest BCUT2D eigenvalue weighted by Gasteiger charge is -2.26. The third kappa shape index (κ3) is 6.74. The summed E-state index contributed by atoms with van der Waals surface area (Å²) in [4.78, 5) is 0. The van der Waals surface area contributed by atoms with E-state index in [0.29, 0.717) is 5.75 Å². The van der Waals surface area contributed by atoms with Crippen LogP contribution in [0.5, 0.6) is 0 Å². The van der Waals surface area contributed by atoms with Crippen LogP contribution in [0.1, 0.15) is 52.9 Å². The molecule has 3 nitrogen and oxygen atoms in total. The number of rotatable bonds is 6. The SMILES string of the molecule is CC(C)(C)NCC1CCCC1CCCS(C)(=O)=O. The Labute approximate surface area is 113 Å². The highest BCUT2D eigenvalue weighted by Gasteiger charge is 2.27. The molecule has 0 heterocycles. The van der Waals surface area contributed by atoms with Gasteiger partial charge in [0.15, 0.2) is 0 Å². The van der Waals surface area contributed by atoms with Crippen molar-refractivity contribution < 1.29 is 8.42 Å². The quantitative estimate of drug-likeness (QED) is 0.810. The second-order valence-electron chi connectivity index (χ2n) is 6.85. The third-order valence-electron chi connectivity index (χ3n) is 3.80. The first-order valence-corrected chi connectivity index (χ1v) is 9.16. The topological polar surface area (TPSA) is 46.2 Å². The van der Waals surface area contributed by atoms with Crippen LogP contribution in [0.15, 0.2) is 0 Å². The van der Waals surface area contributed by atoms with Crippen molar-refractivity contribution in [3.05, 3.63) is 0 Å². The summed E-state index contributed by atoms with van der Waals surface area (Å²) in [5.41, 5.74) is 0.180. The molecule has 0 amide bonds. The van der Waals surface area contributed by atoms with E-state index in [9.17, 15) is 8.42 Å². The lowest BCUT2D eigenvalue weighted by Crippen LogP contribution is -2.39. The molecule has 4 heteroatoms. The van der Waals surface area contributed by atoms with Gasteiger partial charge in [-0.05, 0) is 58.4 Å². The number of nitrogens with one attached hydrogen (secondary N) is 1. The molecule has 1 aliphatic carbocycles. The van der Waals surface area contributed by atoms with Crippen LogP contribution in [0.25, 0.3) is 0 Å². The molecule has 1 fully saturated rings. The van der Waals surface area contributed by atoms with Crippen LogP contribution in [-0.2, 0) is 9.84 Å². The van der Waals surface area contributed by atoms with Crippen LogP contribution in [0.2, 0.25) is 0 Å². The van der Waals surface area contributed by atoms with Gasteiger partial charge in [-0.15, -0.1) is 0 Å². The zero-order valence-corrected chi connectivity index (χ0v) is 13.1. The minimum Gasteiger partial charge on any atom is -0.312 e. The van der Waals surface area contributed by atoms with Gasteiger partial charge in [0.1, 0.15) is 9.84 Å². The molecule has 0 aliphatic heterocycles. The maximum atomic E-state index is 11.1. The molecule has 0 saturated heterocycles. The Kier molecular flexibility index (Phi) is 5.66. The Hall–Kier alpha value is -0.0900. The highest BCUT2D eigenvalue weighted by molar-refractivity contribution is 7.90. The molecule has 1 N–H and O–H groups in total. The first-order valence-electron chi connectivity index (χ1n) is 7.10. The summed E-state index contributed by atoms with van der Waals surface area (Å²) < 4.78 is 22.3. The maximum absolute atomic E-state index is 11.1. The summed E-state index contributed by atoms with van der Waals surface area (Å²) in [6.45, 7) is 7.66. The van der Waals surface area contributed by atoms with E-state index in [1.807, 2.05) is 0 Å². The molecule has 0 aromatic heterocycles. The highest BCUT2D eigenvalue weighted by atomic mass is 32.2. The fourth-order valence-corrected chi connectivity index (χ4v) is 3.50. The number of hydrogen-bond acceptors (Lipinski definition) is 3. The van der Waals surface area contributed by atoms with Gasteiger partial charge in [-0.25, -0.2) is 8.42 Å². The van der Waals surface area contributed by atoms with Gasteiger partial charge < -0.3 is 5.32 Å². The molecule has 108 valence electrons. The summed E-state index contributed by atoms with van der Waals surface area (Å²) >= 11 is 0. The van der Waals surface area contributed by atoms with Crippen LogP contribution in [0.4, 0.5) is 0 Å². The molecule has 0 bridgehead atoms. The van der Waals surface area contributed by atoms with Gasteiger partial charge in [0.05, 0.1) is 0 Å². The number of sulfone groups is 1. The first-order chi connectivity index (χ1) is 8.17. The van der Waals surface area contributed by atoms with Crippen molar-refractivity contribution in [1.82, 2.24) is 5.32 Å². The fraction of sp³-hybridized carbons (Fsp3) is 1.00. The van der Waals surface area contributed by atoms with Gasteiger partial charge in [0, 0.05) is 17.5 Å². The summed E-state index contributed by atoms with van der Waals surface area (Å²) in [6, 6.07) is 0. The summed E-state index contributed by atoms with van der Waals surface area (Å²) in [7, 11) is -2.78. The molecule has 0 spiro atoms. The van der Waals surface area contributed by atoms with Gasteiger partial charge in [-0.1, -0.05) is 12.8 Å². The molecule has 1 aliphatic rings. The molecule has 0 radical (unpaired) electrons. The van der Waals surface area contributed by atoms with Gasteiger partial charge >= 0.3 is 0 Å². The Morgan fingerprint density at radius 2 is 1.78 bits per heavy atom. The Balaban J connectivity index is 2.31. The summed E-state index contributed by atoms with van der Waals surface area (Å²) in [5.74, 6) is 1.81. The highest BCUT2D eigenvalue weighted by Crippen LogP contribution is 2.34. The van der Waals surface area contributed by atoms with Crippen molar-refractivity contribution in [2.75, 3.05) is 18.6 Å². The largest absolute Gasteiger partial charge is 0.312 e. The third-order valence-corrected chi connectivity index (χ3v) is 4.83. The Bertz CT molecular complexity index is 343. The molecular weight excluding hydrogens is 246 g/mol. The van der Waals surface area contributed by atoms with Crippen molar-refractivity contribution in [1.29, 1.82) is 0 Å². The average Bonchev–Trinajstić information content (AvgIpc) is 2.59. The van der Waals surface area contributed by atoms with Crippen LogP contribution >= 0.6 is 0 Å². The lowest BCUT2D eigenvalue weighted by atomic mass is 9.91. The van der Waals surface area contributed by atoms with Gasteiger partial charge in [-0.2, -0.15) is 0 Å². The predicted octanol–water partition coefficient (Wildman–Crippen LogP) is 2.62. The van der Waals surface area contributed by atoms with E-state index in [2.05, 4.69) is 26.1 Å². The second-order valence-corrected chi connectivity index (χ2v) is 9.11. The van der Waals surface area contributed by atoms with Crippen LogP contribution in [-0.4, -0.2) is 32.5 Å². The maximum Gasteiger partial charge on any atom is 0.147 e. The van der Waals surface area contributed by atoms with E-state index >= 15 is 0 Å². The second kappa shape index (κ2) is 6.38. The zero-order chi connectivity index (χ0) is 13.8. The van der Waals surface area contributed by atoms with E-state index < -0.39 is 9.84 Å². The summed E-state index contributed by atoms with van der Waals surface area (Å²) in [5, 5.41) is 3.58. The minimum atomic E-state index is -2.78. The zero-order valence-electron chi connectivity index (χ0n) is 12.3. The Morgan fingerprint density at radius 3 is 2.33 bits per heavy atom. The predicted molar refractivity (Wildman–Crippen MR) is 77.5 cm³/mol. The van der Waals surface area contributed by atoms with Gasteiger partial charge in [0.2, 0.25) is 0 Å². The molecule has 1 saturated carbocycles. The van der Waals surface area contributed by atoms with Gasteiger partial charge in [-0.3, -0.25) is 0 Å². The molecule has 1 rings (SSSR count). The molecular formula is C14H29NO2S.